The van der Waals surface area contributed by atoms with Crippen molar-refractivity contribution in [1.82, 2.24) is 0 Å². The Morgan fingerprint density at radius 2 is 1.23 bits per heavy atom. The third kappa shape index (κ3) is 33.4. The van der Waals surface area contributed by atoms with Crippen LogP contribution in [0.25, 0.3) is 0 Å². The van der Waals surface area contributed by atoms with Gasteiger partial charge >= 0.3 is 11.9 Å². The Kier molecular flexibility index (Phi) is 28.4. The van der Waals surface area contributed by atoms with Crippen molar-refractivity contribution >= 4 is 19.8 Å². The second-order valence-corrected chi connectivity index (χ2v) is 14.0. The fraction of sp³-hybridized carbons (Fsp3) is 0.676. The largest absolute Gasteiger partial charge is 0.756 e. The predicted octanol–water partition coefficient (Wildman–Crippen LogP) is 8.32. The molecule has 2 unspecified atom stereocenters. The Balaban J connectivity index is 4.61. The lowest BCUT2D eigenvalue weighted by Crippen LogP contribution is -2.37. The normalized spacial score (nSPS) is 14.6. The minimum Gasteiger partial charge on any atom is -0.756 e. The van der Waals surface area contributed by atoms with E-state index in [1.54, 1.807) is 0 Å². The van der Waals surface area contributed by atoms with E-state index in [9.17, 15) is 19.0 Å². The van der Waals surface area contributed by atoms with Gasteiger partial charge in [-0.1, -0.05) is 107 Å². The van der Waals surface area contributed by atoms with Crippen LogP contribution in [0, 0.1) is 0 Å². The second kappa shape index (κ2) is 29.8. The van der Waals surface area contributed by atoms with E-state index in [-0.39, 0.29) is 26.1 Å². The number of likely N-dealkylation sites (N-methyl/N-ethyl adjacent to an activating group) is 1. The zero-order valence-electron chi connectivity index (χ0n) is 29.9. The van der Waals surface area contributed by atoms with E-state index >= 15 is 0 Å². The van der Waals surface area contributed by atoms with E-state index in [0.717, 1.165) is 57.8 Å². The molecular weight excluding hydrogens is 617 g/mol. The molecule has 0 aliphatic heterocycles. The van der Waals surface area contributed by atoms with Crippen LogP contribution in [0.3, 0.4) is 0 Å². The Morgan fingerprint density at radius 3 is 1.87 bits per heavy atom. The molecular formula is C37H64NO8P. The summed E-state index contributed by atoms with van der Waals surface area (Å²) in [6.45, 7) is 3.93. The number of carbonyl (C=O) groups is 2. The van der Waals surface area contributed by atoms with Gasteiger partial charge in [-0.05, 0) is 51.4 Å². The average Bonchev–Trinajstić information content (AvgIpc) is 3.01. The summed E-state index contributed by atoms with van der Waals surface area (Å²) in [6, 6.07) is 0. The van der Waals surface area contributed by atoms with Gasteiger partial charge < -0.3 is 27.9 Å². The van der Waals surface area contributed by atoms with Gasteiger partial charge in [0.15, 0.2) is 6.10 Å². The molecule has 0 aliphatic carbocycles. The molecule has 0 saturated heterocycles. The number of esters is 2. The highest BCUT2D eigenvalue weighted by Crippen LogP contribution is 2.38. The summed E-state index contributed by atoms with van der Waals surface area (Å²) in [4.78, 5) is 37.2. The minimum absolute atomic E-state index is 0.0436. The molecule has 9 nitrogen and oxygen atoms in total. The number of unbranched alkanes of at least 4 members (excludes halogenated alkanes) is 9. The standard InChI is InChI=1S/C37H64NO8P/c1-6-8-10-12-14-16-18-19-20-22-24-26-28-30-37(40)46-35(34-45-47(41,42)44-32-31-38(3,4)5)33-43-36(39)29-27-25-23-21-17-15-13-11-9-7-2/h8,10,12-16,18-20,35H,6-7,9,11,17,21-34H2,1-5H3/b10-8+,14-12+,15-13+,18-16+,20-19+. The van der Waals surface area contributed by atoms with Crippen LogP contribution in [-0.2, 0) is 32.7 Å². The van der Waals surface area contributed by atoms with Crippen molar-refractivity contribution in [2.24, 2.45) is 0 Å². The smallest absolute Gasteiger partial charge is 0.306 e. The number of nitrogens with zero attached hydrogens (tertiary/aromatic N) is 1. The summed E-state index contributed by atoms with van der Waals surface area (Å²) in [6.07, 6.45) is 32.6. The van der Waals surface area contributed by atoms with Crippen LogP contribution in [0.4, 0.5) is 0 Å². The Morgan fingerprint density at radius 1 is 0.681 bits per heavy atom. The van der Waals surface area contributed by atoms with Crippen LogP contribution in [-0.4, -0.2) is 70.0 Å². The Hall–Kier alpha value is -2.29. The van der Waals surface area contributed by atoms with Crippen molar-refractivity contribution in [2.75, 3.05) is 47.5 Å². The number of quaternary nitrogens is 1. The van der Waals surface area contributed by atoms with Gasteiger partial charge in [-0.2, -0.15) is 0 Å². The molecule has 47 heavy (non-hydrogen) atoms. The quantitative estimate of drug-likeness (QED) is 0.0186. The molecule has 0 rings (SSSR count). The second-order valence-electron chi connectivity index (χ2n) is 12.6. The first-order valence-corrected chi connectivity index (χ1v) is 19.0. The van der Waals surface area contributed by atoms with Crippen LogP contribution in [0.2, 0.25) is 0 Å². The third-order valence-corrected chi connectivity index (χ3v) is 7.83. The van der Waals surface area contributed by atoms with Crippen LogP contribution >= 0.6 is 7.82 Å². The summed E-state index contributed by atoms with van der Waals surface area (Å²) < 4.78 is 33.6. The average molecular weight is 682 g/mol. The number of rotatable bonds is 30. The summed E-state index contributed by atoms with van der Waals surface area (Å²) >= 11 is 0. The number of hydrogen-bond acceptors (Lipinski definition) is 8. The lowest BCUT2D eigenvalue weighted by atomic mass is 10.1. The molecule has 0 amide bonds. The molecule has 0 fully saturated rings. The molecule has 0 heterocycles. The molecule has 10 heteroatoms. The predicted molar refractivity (Wildman–Crippen MR) is 190 cm³/mol. The Labute approximate surface area is 286 Å². The molecule has 0 bridgehead atoms. The van der Waals surface area contributed by atoms with Crippen LogP contribution < -0.4 is 4.89 Å². The van der Waals surface area contributed by atoms with E-state index in [1.807, 2.05) is 57.6 Å². The molecule has 0 aromatic heterocycles. The third-order valence-electron chi connectivity index (χ3n) is 6.87. The van der Waals surface area contributed by atoms with Gasteiger partial charge in [0.05, 0.1) is 27.7 Å². The number of hydrogen-bond donors (Lipinski definition) is 0. The SMILES string of the molecule is CC/C=C/C=C/C=C/C=C/CCCCCC(=O)OC(COC(=O)CCCCCC/C=C/CCCC)COP(=O)([O-])OCC[N+](C)(C)C. The van der Waals surface area contributed by atoms with Gasteiger partial charge in [-0.15, -0.1) is 0 Å². The minimum atomic E-state index is -4.63. The highest BCUT2D eigenvalue weighted by Gasteiger charge is 2.21. The fourth-order valence-corrected chi connectivity index (χ4v) is 4.78. The maximum Gasteiger partial charge on any atom is 0.306 e. The summed E-state index contributed by atoms with van der Waals surface area (Å²) in [7, 11) is 1.12. The maximum absolute atomic E-state index is 12.5. The molecule has 2 atom stereocenters. The molecule has 0 saturated carbocycles. The molecule has 0 aromatic carbocycles. The lowest BCUT2D eigenvalue weighted by molar-refractivity contribution is -0.870. The van der Waals surface area contributed by atoms with Crippen molar-refractivity contribution in [3.05, 3.63) is 60.8 Å². The van der Waals surface area contributed by atoms with Gasteiger partial charge in [-0.3, -0.25) is 14.2 Å². The topological polar surface area (TPSA) is 111 Å². The molecule has 0 radical (unpaired) electrons. The highest BCUT2D eigenvalue weighted by atomic mass is 31.2. The van der Waals surface area contributed by atoms with Crippen LogP contribution in [0.5, 0.6) is 0 Å². The summed E-state index contributed by atoms with van der Waals surface area (Å²) in [5.74, 6) is -0.908. The van der Waals surface area contributed by atoms with Crippen molar-refractivity contribution in [3.63, 3.8) is 0 Å². The van der Waals surface area contributed by atoms with E-state index in [0.29, 0.717) is 23.9 Å². The van der Waals surface area contributed by atoms with Gasteiger partial charge in [0.2, 0.25) is 0 Å². The molecule has 270 valence electrons. The first kappa shape index (κ1) is 44.7. The molecule has 0 spiro atoms. The summed E-state index contributed by atoms with van der Waals surface area (Å²) in [5.41, 5.74) is 0. The van der Waals surface area contributed by atoms with Crippen molar-refractivity contribution in [1.29, 1.82) is 0 Å². The molecule has 0 aliphatic rings. The number of allylic oxidation sites excluding steroid dienone is 10. The molecule has 0 aromatic rings. The first-order chi connectivity index (χ1) is 22.5. The number of carbonyl (C=O) groups excluding carboxylic acids is 2. The van der Waals surface area contributed by atoms with E-state index in [1.165, 1.54) is 12.8 Å². The first-order valence-electron chi connectivity index (χ1n) is 17.5. The van der Waals surface area contributed by atoms with E-state index in [4.69, 9.17) is 18.5 Å². The fourth-order valence-electron chi connectivity index (χ4n) is 4.05. The maximum atomic E-state index is 12.5. The van der Waals surface area contributed by atoms with Crippen LogP contribution in [0.1, 0.15) is 110 Å². The van der Waals surface area contributed by atoms with Crippen molar-refractivity contribution in [3.8, 4) is 0 Å². The number of ether oxygens (including phenoxy) is 2. The zero-order chi connectivity index (χ0) is 35.1. The van der Waals surface area contributed by atoms with Gasteiger partial charge in [0.1, 0.15) is 19.8 Å². The van der Waals surface area contributed by atoms with Crippen molar-refractivity contribution in [2.45, 2.75) is 116 Å². The highest BCUT2D eigenvalue weighted by molar-refractivity contribution is 7.45. The zero-order valence-corrected chi connectivity index (χ0v) is 30.8. The van der Waals surface area contributed by atoms with E-state index in [2.05, 4.69) is 38.2 Å². The number of phosphoric ester groups is 1. The van der Waals surface area contributed by atoms with Crippen molar-refractivity contribution < 1.29 is 42.1 Å². The summed E-state index contributed by atoms with van der Waals surface area (Å²) in [5, 5.41) is 0. The monoisotopic (exact) mass is 681 g/mol. The van der Waals surface area contributed by atoms with Crippen LogP contribution in [0.15, 0.2) is 60.8 Å². The van der Waals surface area contributed by atoms with Gasteiger partial charge in [0, 0.05) is 12.8 Å². The lowest BCUT2D eigenvalue weighted by Gasteiger charge is -2.28. The van der Waals surface area contributed by atoms with Gasteiger partial charge in [0.25, 0.3) is 7.82 Å². The number of phosphoric acid groups is 1. The Bertz CT molecular complexity index is 997. The van der Waals surface area contributed by atoms with Gasteiger partial charge in [-0.25, -0.2) is 0 Å². The van der Waals surface area contributed by atoms with E-state index < -0.39 is 32.5 Å². The molecule has 0 N–H and O–H groups in total.